The highest BCUT2D eigenvalue weighted by molar-refractivity contribution is 14.1. The fraction of sp³-hybridized carbons (Fsp3) is 0.455. The number of nitrogens with zero attached hydrogens (tertiary/aromatic N) is 1. The van der Waals surface area contributed by atoms with E-state index in [1.54, 1.807) is 0 Å². The second-order valence-corrected chi connectivity index (χ2v) is 5.06. The minimum Gasteiger partial charge on any atom is -0.399 e. The van der Waals surface area contributed by atoms with Crippen molar-refractivity contribution in [3.05, 3.63) is 21.8 Å². The molecule has 1 saturated heterocycles. The molecule has 1 aliphatic heterocycles. The number of halogens is 1. The van der Waals surface area contributed by atoms with Crippen LogP contribution in [0.25, 0.3) is 0 Å². The van der Waals surface area contributed by atoms with E-state index in [4.69, 9.17) is 5.73 Å². The largest absolute Gasteiger partial charge is 0.399 e. The van der Waals surface area contributed by atoms with Gasteiger partial charge in [-0.3, -0.25) is 0 Å². The molecular weight excluding hydrogens is 287 g/mol. The second-order valence-electron chi connectivity index (χ2n) is 3.90. The molecular formula is C11H15IN2. The Morgan fingerprint density at radius 3 is 2.86 bits per heavy atom. The molecule has 0 amide bonds. The van der Waals surface area contributed by atoms with Gasteiger partial charge in [-0.15, -0.1) is 0 Å². The number of hydrogen-bond donors (Lipinski definition) is 1. The molecule has 0 aliphatic carbocycles. The van der Waals surface area contributed by atoms with E-state index in [9.17, 15) is 0 Å². The van der Waals surface area contributed by atoms with Gasteiger partial charge < -0.3 is 10.6 Å². The van der Waals surface area contributed by atoms with Gasteiger partial charge in [0.05, 0.1) is 5.69 Å². The maximum atomic E-state index is 5.74. The molecule has 0 spiro atoms. The van der Waals surface area contributed by atoms with Crippen molar-refractivity contribution in [1.82, 2.24) is 0 Å². The third kappa shape index (κ3) is 1.82. The van der Waals surface area contributed by atoms with Gasteiger partial charge in [-0.2, -0.15) is 0 Å². The van der Waals surface area contributed by atoms with Gasteiger partial charge in [0.25, 0.3) is 0 Å². The van der Waals surface area contributed by atoms with Crippen LogP contribution < -0.4 is 10.6 Å². The van der Waals surface area contributed by atoms with Gasteiger partial charge in [0.2, 0.25) is 0 Å². The van der Waals surface area contributed by atoms with Crippen LogP contribution in [0.15, 0.2) is 18.2 Å². The van der Waals surface area contributed by atoms with Gasteiger partial charge >= 0.3 is 0 Å². The maximum Gasteiger partial charge on any atom is 0.0505 e. The van der Waals surface area contributed by atoms with Crippen molar-refractivity contribution in [2.24, 2.45) is 0 Å². The molecule has 1 heterocycles. The van der Waals surface area contributed by atoms with E-state index in [-0.39, 0.29) is 0 Å². The average Bonchev–Trinajstić information content (AvgIpc) is 2.52. The molecule has 2 N–H and O–H groups in total. The first-order valence-electron chi connectivity index (χ1n) is 5.00. The Balaban J connectivity index is 2.31. The van der Waals surface area contributed by atoms with Crippen molar-refractivity contribution in [2.75, 3.05) is 17.2 Å². The van der Waals surface area contributed by atoms with Crippen LogP contribution in [0.1, 0.15) is 19.8 Å². The van der Waals surface area contributed by atoms with E-state index in [1.165, 1.54) is 28.6 Å². The molecule has 76 valence electrons. The molecule has 1 unspecified atom stereocenters. The second kappa shape index (κ2) is 3.96. The third-order valence-corrected chi connectivity index (χ3v) is 3.70. The molecule has 1 atom stereocenters. The van der Waals surface area contributed by atoms with Gasteiger partial charge in [0, 0.05) is 21.8 Å². The van der Waals surface area contributed by atoms with Crippen LogP contribution in [0.5, 0.6) is 0 Å². The van der Waals surface area contributed by atoms with Crippen LogP contribution in [0.4, 0.5) is 11.4 Å². The summed E-state index contributed by atoms with van der Waals surface area (Å²) in [5, 5.41) is 0. The number of anilines is 2. The van der Waals surface area contributed by atoms with Crippen molar-refractivity contribution < 1.29 is 0 Å². The summed E-state index contributed by atoms with van der Waals surface area (Å²) in [6, 6.07) is 6.84. The molecule has 2 nitrogen and oxygen atoms in total. The van der Waals surface area contributed by atoms with Crippen molar-refractivity contribution in [1.29, 1.82) is 0 Å². The summed E-state index contributed by atoms with van der Waals surface area (Å²) >= 11 is 2.36. The van der Waals surface area contributed by atoms with Crippen LogP contribution in [0, 0.1) is 3.57 Å². The van der Waals surface area contributed by atoms with Gasteiger partial charge in [-0.05, 0) is 60.6 Å². The molecule has 14 heavy (non-hydrogen) atoms. The van der Waals surface area contributed by atoms with Crippen LogP contribution in [-0.4, -0.2) is 12.6 Å². The van der Waals surface area contributed by atoms with Crippen LogP contribution in [0.3, 0.4) is 0 Å². The van der Waals surface area contributed by atoms with E-state index in [1.807, 2.05) is 12.1 Å². The van der Waals surface area contributed by atoms with Crippen LogP contribution in [-0.2, 0) is 0 Å². The zero-order valence-electron chi connectivity index (χ0n) is 8.33. The summed E-state index contributed by atoms with van der Waals surface area (Å²) in [6.07, 6.45) is 2.61. The van der Waals surface area contributed by atoms with Gasteiger partial charge in [-0.25, -0.2) is 0 Å². The predicted octanol–water partition coefficient (Wildman–Crippen LogP) is 2.86. The number of nitrogens with two attached hydrogens (primary N) is 1. The number of nitrogen functional groups attached to an aromatic ring is 1. The fourth-order valence-corrected chi connectivity index (χ4v) is 2.90. The van der Waals surface area contributed by atoms with Crippen molar-refractivity contribution >= 4 is 34.0 Å². The summed E-state index contributed by atoms with van der Waals surface area (Å²) < 4.78 is 1.26. The first-order chi connectivity index (χ1) is 6.68. The Bertz CT molecular complexity index is 338. The molecule has 1 aliphatic rings. The van der Waals surface area contributed by atoms with Gasteiger partial charge in [-0.1, -0.05) is 0 Å². The summed E-state index contributed by atoms with van der Waals surface area (Å²) in [6.45, 7) is 3.47. The number of rotatable bonds is 1. The van der Waals surface area contributed by atoms with Crippen molar-refractivity contribution in [2.45, 2.75) is 25.8 Å². The van der Waals surface area contributed by atoms with Crippen molar-refractivity contribution in [3.8, 4) is 0 Å². The molecule has 0 aromatic heterocycles. The molecule has 1 fully saturated rings. The lowest BCUT2D eigenvalue weighted by Crippen LogP contribution is -2.26. The van der Waals surface area contributed by atoms with Gasteiger partial charge in [0.15, 0.2) is 0 Å². The Kier molecular flexibility index (Phi) is 2.85. The molecule has 1 aromatic carbocycles. The Labute approximate surface area is 98.6 Å². The van der Waals surface area contributed by atoms with E-state index >= 15 is 0 Å². The smallest absolute Gasteiger partial charge is 0.0505 e. The fourth-order valence-electron chi connectivity index (χ4n) is 2.05. The molecule has 3 heteroatoms. The van der Waals surface area contributed by atoms with E-state index in [0.29, 0.717) is 6.04 Å². The summed E-state index contributed by atoms with van der Waals surface area (Å²) in [5.74, 6) is 0. The topological polar surface area (TPSA) is 29.3 Å². The van der Waals surface area contributed by atoms with Crippen molar-refractivity contribution in [3.63, 3.8) is 0 Å². The number of benzene rings is 1. The average molecular weight is 302 g/mol. The standard InChI is InChI=1S/C11H15IN2/c1-8-3-2-6-14(8)11-5-4-9(13)7-10(11)12/h4-5,7-8H,2-3,6,13H2,1H3. The maximum absolute atomic E-state index is 5.74. The Hall–Kier alpha value is -0.450. The highest BCUT2D eigenvalue weighted by Crippen LogP contribution is 2.30. The van der Waals surface area contributed by atoms with E-state index in [2.05, 4.69) is 40.5 Å². The van der Waals surface area contributed by atoms with Crippen LogP contribution >= 0.6 is 22.6 Å². The SMILES string of the molecule is CC1CCCN1c1ccc(N)cc1I. The normalized spacial score (nSPS) is 21.6. The first-order valence-corrected chi connectivity index (χ1v) is 6.08. The molecule has 0 bridgehead atoms. The lowest BCUT2D eigenvalue weighted by molar-refractivity contribution is 0.734. The zero-order chi connectivity index (χ0) is 10.1. The molecule has 0 saturated carbocycles. The monoisotopic (exact) mass is 302 g/mol. The van der Waals surface area contributed by atoms with Crippen LogP contribution in [0.2, 0.25) is 0 Å². The predicted molar refractivity (Wildman–Crippen MR) is 69.6 cm³/mol. The molecule has 0 radical (unpaired) electrons. The summed E-state index contributed by atoms with van der Waals surface area (Å²) in [5.41, 5.74) is 7.93. The van der Waals surface area contributed by atoms with Gasteiger partial charge in [0.1, 0.15) is 0 Å². The first kappa shape index (κ1) is 10.1. The quantitative estimate of drug-likeness (QED) is 0.638. The highest BCUT2D eigenvalue weighted by atomic mass is 127. The molecule has 2 rings (SSSR count). The lowest BCUT2D eigenvalue weighted by Gasteiger charge is -2.25. The minimum atomic E-state index is 0.673. The lowest BCUT2D eigenvalue weighted by atomic mass is 10.2. The number of hydrogen-bond acceptors (Lipinski definition) is 2. The van der Waals surface area contributed by atoms with E-state index < -0.39 is 0 Å². The van der Waals surface area contributed by atoms with E-state index in [0.717, 1.165) is 5.69 Å². The molecule has 1 aromatic rings. The summed E-state index contributed by atoms with van der Waals surface area (Å²) in [7, 11) is 0. The third-order valence-electron chi connectivity index (χ3n) is 2.83. The Morgan fingerprint density at radius 2 is 2.29 bits per heavy atom. The zero-order valence-corrected chi connectivity index (χ0v) is 10.5. The Morgan fingerprint density at radius 1 is 1.50 bits per heavy atom. The summed E-state index contributed by atoms with van der Waals surface area (Å²) in [4.78, 5) is 2.47. The minimum absolute atomic E-state index is 0.673. The highest BCUT2D eigenvalue weighted by Gasteiger charge is 2.21.